The summed E-state index contributed by atoms with van der Waals surface area (Å²) in [6.07, 6.45) is 3.19. The smallest absolute Gasteiger partial charge is 0.283 e. The third-order valence-electron chi connectivity index (χ3n) is 4.40. The fourth-order valence-electron chi connectivity index (χ4n) is 2.86. The largest absolute Gasteiger partial charge is 0.497 e. The second-order valence-corrected chi connectivity index (χ2v) is 6.64. The molecule has 0 saturated carbocycles. The second kappa shape index (κ2) is 8.27. The summed E-state index contributed by atoms with van der Waals surface area (Å²) < 4.78 is 5.11. The molecule has 5 nitrogen and oxygen atoms in total. The minimum atomic E-state index is -0.529. The third-order valence-corrected chi connectivity index (χ3v) is 4.75. The van der Waals surface area contributed by atoms with Crippen molar-refractivity contribution in [2.75, 3.05) is 17.3 Å². The highest BCUT2D eigenvalue weighted by atomic mass is 35.5. The van der Waals surface area contributed by atoms with Crippen molar-refractivity contribution in [3.05, 3.63) is 64.8 Å². The van der Waals surface area contributed by atoms with Crippen molar-refractivity contribution in [3.63, 3.8) is 0 Å². The number of anilines is 2. The summed E-state index contributed by atoms with van der Waals surface area (Å²) in [6.45, 7) is 2.14. The van der Waals surface area contributed by atoms with Crippen LogP contribution in [-0.4, -0.2) is 18.9 Å². The predicted octanol–water partition coefficient (Wildman–Crippen LogP) is 4.47. The molecule has 0 aromatic heterocycles. The summed E-state index contributed by atoms with van der Waals surface area (Å²) in [7, 11) is 1.58. The van der Waals surface area contributed by atoms with Crippen LogP contribution in [0, 0.1) is 0 Å². The summed E-state index contributed by atoms with van der Waals surface area (Å²) in [6, 6.07) is 14.4. The third kappa shape index (κ3) is 3.98. The van der Waals surface area contributed by atoms with Crippen molar-refractivity contribution in [1.29, 1.82) is 0 Å². The lowest BCUT2D eigenvalue weighted by molar-refractivity contribution is -0.120. The number of hydrogen-bond acceptors (Lipinski definition) is 4. The number of aryl methyl sites for hydroxylation is 1. The molecule has 0 saturated heterocycles. The molecule has 1 heterocycles. The Morgan fingerprint density at radius 1 is 1.00 bits per heavy atom. The zero-order valence-electron chi connectivity index (χ0n) is 15.3. The summed E-state index contributed by atoms with van der Waals surface area (Å²) in [4.78, 5) is 26.4. The molecular weight excluding hydrogens is 364 g/mol. The van der Waals surface area contributed by atoms with Gasteiger partial charge in [0.2, 0.25) is 0 Å². The van der Waals surface area contributed by atoms with Crippen molar-refractivity contribution >= 4 is 34.8 Å². The molecule has 1 aliphatic heterocycles. The molecule has 27 heavy (non-hydrogen) atoms. The maximum absolute atomic E-state index is 12.8. The van der Waals surface area contributed by atoms with Gasteiger partial charge >= 0.3 is 0 Å². The van der Waals surface area contributed by atoms with Crippen LogP contribution < -0.4 is 15.0 Å². The number of hydrogen-bond donors (Lipinski definition) is 1. The van der Waals surface area contributed by atoms with Gasteiger partial charge in [-0.25, -0.2) is 4.90 Å². The van der Waals surface area contributed by atoms with Crippen LogP contribution in [0.15, 0.2) is 59.3 Å². The van der Waals surface area contributed by atoms with E-state index < -0.39 is 11.8 Å². The van der Waals surface area contributed by atoms with Gasteiger partial charge < -0.3 is 10.1 Å². The number of unbranched alkanes of at least 4 members (excludes halogenated alkanes) is 1. The van der Waals surface area contributed by atoms with Gasteiger partial charge in [-0.3, -0.25) is 9.59 Å². The molecule has 6 heteroatoms. The number of halogens is 1. The number of benzene rings is 2. The first kappa shape index (κ1) is 19.0. The highest BCUT2D eigenvalue weighted by molar-refractivity contribution is 6.53. The Hall–Kier alpha value is -2.79. The summed E-state index contributed by atoms with van der Waals surface area (Å²) in [5.41, 5.74) is 2.40. The highest BCUT2D eigenvalue weighted by Crippen LogP contribution is 2.30. The van der Waals surface area contributed by atoms with Crippen LogP contribution in [-0.2, 0) is 16.0 Å². The molecule has 0 aliphatic carbocycles. The minimum Gasteiger partial charge on any atom is -0.497 e. The maximum atomic E-state index is 12.8. The molecule has 2 amide bonds. The number of ether oxygens (including phenoxy) is 1. The minimum absolute atomic E-state index is 0.0712. The molecule has 2 aromatic carbocycles. The first-order chi connectivity index (χ1) is 13.0. The number of imide groups is 1. The van der Waals surface area contributed by atoms with E-state index in [1.54, 1.807) is 43.5 Å². The number of amides is 2. The quantitative estimate of drug-likeness (QED) is 0.715. The summed E-state index contributed by atoms with van der Waals surface area (Å²) in [5, 5.41) is 2.82. The average Bonchev–Trinajstić information content (AvgIpc) is 2.91. The number of rotatable bonds is 7. The van der Waals surface area contributed by atoms with Gasteiger partial charge in [-0.1, -0.05) is 37.1 Å². The van der Waals surface area contributed by atoms with E-state index in [-0.39, 0.29) is 10.7 Å². The van der Waals surface area contributed by atoms with Crippen LogP contribution in [0.5, 0.6) is 5.75 Å². The van der Waals surface area contributed by atoms with Crippen LogP contribution in [0.1, 0.15) is 25.3 Å². The number of carbonyl (C=O) groups is 2. The average molecular weight is 385 g/mol. The van der Waals surface area contributed by atoms with E-state index >= 15 is 0 Å². The number of nitrogens with one attached hydrogen (secondary N) is 1. The maximum Gasteiger partial charge on any atom is 0.283 e. The fraction of sp³-hybridized carbons (Fsp3) is 0.238. The molecule has 0 unspecified atom stereocenters. The molecule has 140 valence electrons. The van der Waals surface area contributed by atoms with E-state index in [1.165, 1.54) is 5.56 Å². The molecule has 2 aromatic rings. The molecule has 0 bridgehead atoms. The van der Waals surface area contributed by atoms with E-state index in [0.717, 1.165) is 24.2 Å². The lowest BCUT2D eigenvalue weighted by Gasteiger charge is -2.15. The Morgan fingerprint density at radius 2 is 1.67 bits per heavy atom. The predicted molar refractivity (Wildman–Crippen MR) is 107 cm³/mol. The number of nitrogens with zero attached hydrogens (tertiary/aromatic N) is 1. The van der Waals surface area contributed by atoms with Gasteiger partial charge in [-0.2, -0.15) is 0 Å². The van der Waals surface area contributed by atoms with Gasteiger partial charge in [0.1, 0.15) is 16.5 Å². The van der Waals surface area contributed by atoms with Gasteiger partial charge in [0, 0.05) is 5.69 Å². The Bertz CT molecular complexity index is 873. The Morgan fingerprint density at radius 3 is 2.26 bits per heavy atom. The molecule has 0 fully saturated rings. The second-order valence-electron chi connectivity index (χ2n) is 6.26. The monoisotopic (exact) mass is 384 g/mol. The summed E-state index contributed by atoms with van der Waals surface area (Å²) in [5.74, 6) is -0.305. The van der Waals surface area contributed by atoms with Crippen LogP contribution in [0.25, 0.3) is 0 Å². The standard InChI is InChI=1S/C21H21ClN2O3/c1-3-4-5-14-6-10-16(11-7-14)24-20(25)18(22)19(21(24)26)23-15-8-12-17(27-2)13-9-15/h6-13,23H,3-5H2,1-2H3. The van der Waals surface area contributed by atoms with Crippen molar-refractivity contribution in [3.8, 4) is 5.75 Å². The zero-order valence-corrected chi connectivity index (χ0v) is 16.0. The SMILES string of the molecule is CCCCc1ccc(N2C(=O)C(Cl)=C(Nc3ccc(OC)cc3)C2=O)cc1. The van der Waals surface area contributed by atoms with Crippen LogP contribution in [0.3, 0.4) is 0 Å². The summed E-state index contributed by atoms with van der Waals surface area (Å²) >= 11 is 6.16. The van der Waals surface area contributed by atoms with Crippen molar-refractivity contribution < 1.29 is 14.3 Å². The van der Waals surface area contributed by atoms with E-state index in [2.05, 4.69) is 12.2 Å². The van der Waals surface area contributed by atoms with Crippen molar-refractivity contribution in [2.24, 2.45) is 0 Å². The van der Waals surface area contributed by atoms with E-state index in [1.807, 2.05) is 12.1 Å². The molecule has 1 aliphatic rings. The normalized spacial score (nSPS) is 14.1. The Kier molecular flexibility index (Phi) is 5.81. The van der Waals surface area contributed by atoms with Gasteiger partial charge in [0.05, 0.1) is 12.8 Å². The molecule has 3 rings (SSSR count). The van der Waals surface area contributed by atoms with Gasteiger partial charge in [-0.05, 0) is 54.8 Å². The lowest BCUT2D eigenvalue weighted by Crippen LogP contribution is -2.32. The number of carbonyl (C=O) groups excluding carboxylic acids is 2. The van der Waals surface area contributed by atoms with Crippen LogP contribution >= 0.6 is 11.6 Å². The van der Waals surface area contributed by atoms with Gasteiger partial charge in [0.15, 0.2) is 0 Å². The number of methoxy groups -OCH3 is 1. The molecule has 0 radical (unpaired) electrons. The molecule has 0 atom stereocenters. The highest BCUT2D eigenvalue weighted by Gasteiger charge is 2.38. The molecule has 0 spiro atoms. The van der Waals surface area contributed by atoms with E-state index in [0.29, 0.717) is 17.1 Å². The van der Waals surface area contributed by atoms with Crippen LogP contribution in [0.2, 0.25) is 0 Å². The van der Waals surface area contributed by atoms with Crippen molar-refractivity contribution in [1.82, 2.24) is 0 Å². The van der Waals surface area contributed by atoms with E-state index in [4.69, 9.17) is 16.3 Å². The molecule has 1 N–H and O–H groups in total. The zero-order chi connectivity index (χ0) is 19.4. The Labute approximate surface area is 163 Å². The van der Waals surface area contributed by atoms with Gasteiger partial charge in [0.25, 0.3) is 11.8 Å². The lowest BCUT2D eigenvalue weighted by atomic mass is 10.1. The first-order valence-corrected chi connectivity index (χ1v) is 9.21. The van der Waals surface area contributed by atoms with Gasteiger partial charge in [-0.15, -0.1) is 0 Å². The molecular formula is C21H21ClN2O3. The van der Waals surface area contributed by atoms with E-state index in [9.17, 15) is 9.59 Å². The Balaban J connectivity index is 1.78. The topological polar surface area (TPSA) is 58.6 Å². The first-order valence-electron chi connectivity index (χ1n) is 8.83. The fourth-order valence-corrected chi connectivity index (χ4v) is 3.07. The van der Waals surface area contributed by atoms with Crippen molar-refractivity contribution in [2.45, 2.75) is 26.2 Å². The van der Waals surface area contributed by atoms with Crippen LogP contribution in [0.4, 0.5) is 11.4 Å².